The summed E-state index contributed by atoms with van der Waals surface area (Å²) in [4.78, 5) is 51.2. The fourth-order valence-electron chi connectivity index (χ4n) is 3.59. The average Bonchev–Trinajstić information content (AvgIpc) is 2.88. The Kier molecular flexibility index (Phi) is 8.07. The minimum absolute atomic E-state index is 0.0429. The molecule has 0 atom stereocenters. The predicted molar refractivity (Wildman–Crippen MR) is 143 cm³/mol. The van der Waals surface area contributed by atoms with Crippen molar-refractivity contribution in [3.05, 3.63) is 82.3 Å². The van der Waals surface area contributed by atoms with Gasteiger partial charge in [0.15, 0.2) is 18.1 Å². The first-order valence-corrected chi connectivity index (χ1v) is 12.2. The number of amides is 5. The number of urea groups is 1. The normalized spacial score (nSPS) is 14.3. The van der Waals surface area contributed by atoms with Crippen LogP contribution in [0.1, 0.15) is 12.5 Å². The van der Waals surface area contributed by atoms with E-state index in [-0.39, 0.29) is 47.6 Å². The van der Waals surface area contributed by atoms with Gasteiger partial charge >= 0.3 is 6.03 Å². The van der Waals surface area contributed by atoms with E-state index in [0.29, 0.717) is 15.7 Å². The number of hydrogen-bond acceptors (Lipinski definition) is 7. The number of ether oxygens (including phenoxy) is 2. The van der Waals surface area contributed by atoms with Crippen LogP contribution >= 0.6 is 15.9 Å². The molecule has 0 aliphatic carbocycles. The Bertz CT molecular complexity index is 1420. The second-order valence-electron chi connectivity index (χ2n) is 7.94. The van der Waals surface area contributed by atoms with Gasteiger partial charge in [-0.1, -0.05) is 18.2 Å². The third-order valence-corrected chi connectivity index (χ3v) is 5.85. The maximum absolute atomic E-state index is 13.1. The molecule has 1 saturated heterocycles. The van der Waals surface area contributed by atoms with E-state index in [9.17, 15) is 24.3 Å². The largest absolute Gasteiger partial charge is 0.508 e. The van der Waals surface area contributed by atoms with E-state index >= 15 is 0 Å². The zero-order valence-corrected chi connectivity index (χ0v) is 21.7. The van der Waals surface area contributed by atoms with Crippen molar-refractivity contribution < 1.29 is 33.8 Å². The van der Waals surface area contributed by atoms with Crippen LogP contribution in [0.15, 0.2) is 76.8 Å². The van der Waals surface area contributed by atoms with Crippen molar-refractivity contribution in [2.45, 2.75) is 6.92 Å². The number of aromatic hydroxyl groups is 1. The van der Waals surface area contributed by atoms with Gasteiger partial charge in [-0.3, -0.25) is 19.7 Å². The second kappa shape index (κ2) is 11.6. The van der Waals surface area contributed by atoms with Gasteiger partial charge < -0.3 is 19.9 Å². The van der Waals surface area contributed by atoms with Crippen molar-refractivity contribution in [2.75, 3.05) is 23.4 Å². The highest BCUT2D eigenvalue weighted by atomic mass is 79.9. The number of barbiturate groups is 1. The summed E-state index contributed by atoms with van der Waals surface area (Å²) in [5.74, 6) is -1.58. The van der Waals surface area contributed by atoms with E-state index in [1.807, 2.05) is 6.07 Å². The summed E-state index contributed by atoms with van der Waals surface area (Å²) in [5, 5.41) is 14.4. The van der Waals surface area contributed by atoms with Gasteiger partial charge in [-0.2, -0.15) is 0 Å². The van der Waals surface area contributed by atoms with Gasteiger partial charge in [0.25, 0.3) is 17.7 Å². The molecule has 194 valence electrons. The second-order valence-corrected chi connectivity index (χ2v) is 8.79. The molecule has 5 amide bonds. The molecule has 3 aromatic carbocycles. The van der Waals surface area contributed by atoms with Crippen LogP contribution in [-0.4, -0.2) is 42.1 Å². The molecule has 3 aromatic rings. The quantitative estimate of drug-likeness (QED) is 0.268. The van der Waals surface area contributed by atoms with Gasteiger partial charge in [-0.15, -0.1) is 0 Å². The topological polar surface area (TPSA) is 134 Å². The Labute approximate surface area is 226 Å². The van der Waals surface area contributed by atoms with Crippen LogP contribution in [-0.2, 0) is 14.4 Å². The number of anilines is 2. The molecule has 0 spiro atoms. The van der Waals surface area contributed by atoms with E-state index in [1.165, 1.54) is 30.3 Å². The number of carbonyl (C=O) groups is 4. The van der Waals surface area contributed by atoms with E-state index < -0.39 is 17.8 Å². The smallest absolute Gasteiger partial charge is 0.335 e. The molecule has 0 unspecified atom stereocenters. The first-order chi connectivity index (χ1) is 18.3. The SMILES string of the molecule is CCOc1cc(/C=C2\C(=O)NC(=O)N(c3ccc(O)cc3)C2=O)cc(Br)c1OCC(=O)Nc1ccccc1. The van der Waals surface area contributed by atoms with Crippen molar-refractivity contribution in [1.29, 1.82) is 0 Å². The lowest BCUT2D eigenvalue weighted by atomic mass is 10.1. The van der Waals surface area contributed by atoms with E-state index in [0.717, 1.165) is 4.90 Å². The summed E-state index contributed by atoms with van der Waals surface area (Å²) >= 11 is 3.41. The highest BCUT2D eigenvalue weighted by Crippen LogP contribution is 2.38. The molecule has 1 aliphatic rings. The Morgan fingerprint density at radius 1 is 1.05 bits per heavy atom. The summed E-state index contributed by atoms with van der Waals surface area (Å²) in [6.07, 6.45) is 1.32. The first kappa shape index (κ1) is 26.4. The van der Waals surface area contributed by atoms with Crippen molar-refractivity contribution in [2.24, 2.45) is 0 Å². The molecule has 0 aromatic heterocycles. The van der Waals surface area contributed by atoms with Crippen LogP contribution in [0.2, 0.25) is 0 Å². The minimum atomic E-state index is -0.906. The molecule has 1 fully saturated rings. The number of carbonyl (C=O) groups excluding carboxylic acids is 4. The van der Waals surface area contributed by atoms with Crippen LogP contribution in [0.5, 0.6) is 17.2 Å². The zero-order valence-electron chi connectivity index (χ0n) is 20.1. The molecule has 4 rings (SSSR count). The van der Waals surface area contributed by atoms with Gasteiger partial charge in [0.1, 0.15) is 11.3 Å². The third-order valence-electron chi connectivity index (χ3n) is 5.26. The summed E-state index contributed by atoms with van der Waals surface area (Å²) in [7, 11) is 0. The maximum Gasteiger partial charge on any atom is 0.335 e. The number of para-hydroxylation sites is 1. The molecule has 0 saturated carbocycles. The van der Waals surface area contributed by atoms with E-state index in [2.05, 4.69) is 26.6 Å². The number of nitrogens with one attached hydrogen (secondary N) is 2. The van der Waals surface area contributed by atoms with Crippen LogP contribution in [0.3, 0.4) is 0 Å². The lowest BCUT2D eigenvalue weighted by Gasteiger charge is -2.26. The maximum atomic E-state index is 13.1. The fourth-order valence-corrected chi connectivity index (χ4v) is 4.17. The summed E-state index contributed by atoms with van der Waals surface area (Å²) in [6, 6.07) is 16.6. The standard InChI is InChI=1S/C27H22BrN3O7/c1-2-37-22-14-16(13-21(28)24(22)38-15-23(33)29-17-6-4-3-5-7-17)12-20-25(34)30-27(36)31(26(20)35)18-8-10-19(32)11-9-18/h3-14,32H,2,15H2,1H3,(H,29,33)(H,30,34,36)/b20-12+. The van der Waals surface area contributed by atoms with Crippen molar-refractivity contribution in [3.8, 4) is 17.2 Å². The number of rotatable bonds is 8. The highest BCUT2D eigenvalue weighted by Gasteiger charge is 2.36. The Morgan fingerprint density at radius 2 is 1.76 bits per heavy atom. The summed E-state index contributed by atoms with van der Waals surface area (Å²) in [6.45, 7) is 1.75. The summed E-state index contributed by atoms with van der Waals surface area (Å²) in [5.41, 5.74) is 0.919. The van der Waals surface area contributed by atoms with Gasteiger partial charge in [-0.05, 0) is 83.0 Å². The number of phenolic OH excluding ortho intramolecular Hbond substituents is 1. The number of benzene rings is 3. The monoisotopic (exact) mass is 579 g/mol. The number of hydrogen-bond donors (Lipinski definition) is 3. The fraction of sp³-hybridized carbons (Fsp3) is 0.111. The van der Waals surface area contributed by atoms with Crippen LogP contribution in [0.25, 0.3) is 6.08 Å². The minimum Gasteiger partial charge on any atom is -0.508 e. The molecular weight excluding hydrogens is 558 g/mol. The molecule has 38 heavy (non-hydrogen) atoms. The van der Waals surface area contributed by atoms with Crippen LogP contribution in [0.4, 0.5) is 16.2 Å². The average molecular weight is 580 g/mol. The van der Waals surface area contributed by atoms with E-state index in [1.54, 1.807) is 43.3 Å². The van der Waals surface area contributed by atoms with Gasteiger partial charge in [0.2, 0.25) is 0 Å². The van der Waals surface area contributed by atoms with Crippen LogP contribution in [0, 0.1) is 0 Å². The zero-order chi connectivity index (χ0) is 27.2. The third kappa shape index (κ3) is 6.01. The molecule has 1 heterocycles. The Morgan fingerprint density at radius 3 is 2.45 bits per heavy atom. The molecule has 11 heteroatoms. The van der Waals surface area contributed by atoms with E-state index in [4.69, 9.17) is 9.47 Å². The lowest BCUT2D eigenvalue weighted by Crippen LogP contribution is -2.54. The van der Waals surface area contributed by atoms with Gasteiger partial charge in [0, 0.05) is 5.69 Å². The molecule has 3 N–H and O–H groups in total. The molecular formula is C27H22BrN3O7. The van der Waals surface area contributed by atoms with Crippen LogP contribution < -0.4 is 25.0 Å². The predicted octanol–water partition coefficient (Wildman–Crippen LogP) is 4.24. The number of phenols is 1. The molecule has 0 radical (unpaired) electrons. The number of nitrogens with zero attached hydrogens (tertiary/aromatic N) is 1. The van der Waals surface area contributed by atoms with Gasteiger partial charge in [-0.25, -0.2) is 9.69 Å². The molecule has 0 bridgehead atoms. The van der Waals surface area contributed by atoms with Gasteiger partial charge in [0.05, 0.1) is 16.8 Å². The van der Waals surface area contributed by atoms with Crippen molar-refractivity contribution in [3.63, 3.8) is 0 Å². The van der Waals surface area contributed by atoms with Crippen molar-refractivity contribution in [1.82, 2.24) is 5.32 Å². The highest BCUT2D eigenvalue weighted by molar-refractivity contribution is 9.10. The first-order valence-electron chi connectivity index (χ1n) is 11.4. The number of halogens is 1. The molecule has 10 nitrogen and oxygen atoms in total. The lowest BCUT2D eigenvalue weighted by molar-refractivity contribution is -0.122. The molecule has 1 aliphatic heterocycles. The Balaban J connectivity index is 1.58. The Hall–Kier alpha value is -4.64. The van der Waals surface area contributed by atoms with Crippen molar-refractivity contribution >= 4 is 57.1 Å². The summed E-state index contributed by atoms with van der Waals surface area (Å²) < 4.78 is 11.8. The number of imide groups is 2.